The normalized spacial score (nSPS) is 14.8. The van der Waals surface area contributed by atoms with Gasteiger partial charge in [-0.05, 0) is 24.8 Å². The molecule has 0 aliphatic heterocycles. The summed E-state index contributed by atoms with van der Waals surface area (Å²) in [6.45, 7) is 3.98. The molecular formula is C10H14BrNOS. The largest absolute Gasteiger partial charge is 0.348 e. The SMILES string of the molecule is CCC(Br)C(=O)N[C@H](C)c1cccs1. The molecule has 1 amide bonds. The number of alkyl halides is 1. The van der Waals surface area contributed by atoms with Crippen molar-refractivity contribution in [1.82, 2.24) is 5.32 Å². The Labute approximate surface area is 96.8 Å². The fraction of sp³-hybridized carbons (Fsp3) is 0.500. The minimum absolute atomic E-state index is 0.0633. The third-order valence-electron chi connectivity index (χ3n) is 1.97. The van der Waals surface area contributed by atoms with Crippen molar-refractivity contribution >= 4 is 33.2 Å². The van der Waals surface area contributed by atoms with Gasteiger partial charge in [0.1, 0.15) is 0 Å². The van der Waals surface area contributed by atoms with Gasteiger partial charge in [-0.25, -0.2) is 0 Å². The smallest absolute Gasteiger partial charge is 0.234 e. The Balaban J connectivity index is 2.49. The van der Waals surface area contributed by atoms with Gasteiger partial charge in [-0.15, -0.1) is 11.3 Å². The molecule has 2 atom stereocenters. The van der Waals surface area contributed by atoms with Gasteiger partial charge in [0.2, 0.25) is 5.91 Å². The summed E-state index contributed by atoms with van der Waals surface area (Å²) in [5.41, 5.74) is 0. The van der Waals surface area contributed by atoms with E-state index >= 15 is 0 Å². The molecular weight excluding hydrogens is 262 g/mol. The molecule has 0 fully saturated rings. The minimum atomic E-state index is -0.0788. The highest BCUT2D eigenvalue weighted by Crippen LogP contribution is 2.18. The van der Waals surface area contributed by atoms with Crippen molar-refractivity contribution in [3.63, 3.8) is 0 Å². The molecule has 1 aromatic rings. The van der Waals surface area contributed by atoms with Gasteiger partial charge < -0.3 is 5.32 Å². The lowest BCUT2D eigenvalue weighted by Gasteiger charge is -2.14. The monoisotopic (exact) mass is 275 g/mol. The van der Waals surface area contributed by atoms with E-state index in [1.807, 2.05) is 31.4 Å². The van der Waals surface area contributed by atoms with Crippen LogP contribution in [0.3, 0.4) is 0 Å². The van der Waals surface area contributed by atoms with Gasteiger partial charge in [-0.3, -0.25) is 4.79 Å². The zero-order valence-electron chi connectivity index (χ0n) is 8.29. The average Bonchev–Trinajstić information content (AvgIpc) is 2.69. The van der Waals surface area contributed by atoms with Gasteiger partial charge in [0.25, 0.3) is 0 Å². The number of hydrogen-bond acceptors (Lipinski definition) is 2. The van der Waals surface area contributed by atoms with Crippen LogP contribution in [-0.4, -0.2) is 10.7 Å². The second-order valence-electron chi connectivity index (χ2n) is 3.12. The number of nitrogens with one attached hydrogen (secondary N) is 1. The lowest BCUT2D eigenvalue weighted by Crippen LogP contribution is -2.32. The number of carbonyl (C=O) groups is 1. The lowest BCUT2D eigenvalue weighted by atomic mass is 10.2. The van der Waals surface area contributed by atoms with E-state index in [0.717, 1.165) is 6.42 Å². The molecule has 0 spiro atoms. The van der Waals surface area contributed by atoms with Crippen molar-refractivity contribution in [3.05, 3.63) is 22.4 Å². The molecule has 1 unspecified atom stereocenters. The molecule has 0 aliphatic rings. The van der Waals surface area contributed by atoms with Gasteiger partial charge in [-0.2, -0.15) is 0 Å². The van der Waals surface area contributed by atoms with Gasteiger partial charge in [0.15, 0.2) is 0 Å². The zero-order valence-corrected chi connectivity index (χ0v) is 10.7. The summed E-state index contributed by atoms with van der Waals surface area (Å²) in [6.07, 6.45) is 0.809. The van der Waals surface area contributed by atoms with Crippen LogP contribution in [0.4, 0.5) is 0 Å². The molecule has 1 N–H and O–H groups in total. The Bertz CT molecular complexity index is 286. The summed E-state index contributed by atoms with van der Waals surface area (Å²) in [6, 6.07) is 4.13. The van der Waals surface area contributed by atoms with Gasteiger partial charge in [0.05, 0.1) is 10.9 Å². The molecule has 0 radical (unpaired) electrons. The van der Waals surface area contributed by atoms with E-state index in [4.69, 9.17) is 0 Å². The second-order valence-corrected chi connectivity index (χ2v) is 5.21. The first-order valence-corrected chi connectivity index (χ1v) is 6.42. The van der Waals surface area contributed by atoms with Crippen molar-refractivity contribution in [2.75, 3.05) is 0 Å². The number of carbonyl (C=O) groups excluding carboxylic acids is 1. The molecule has 14 heavy (non-hydrogen) atoms. The number of amides is 1. The average molecular weight is 276 g/mol. The Morgan fingerprint density at radius 3 is 2.93 bits per heavy atom. The third kappa shape index (κ3) is 3.10. The summed E-state index contributed by atoms with van der Waals surface area (Å²) >= 11 is 4.99. The minimum Gasteiger partial charge on any atom is -0.348 e. The number of halogens is 1. The van der Waals surface area contributed by atoms with E-state index in [2.05, 4.69) is 21.2 Å². The van der Waals surface area contributed by atoms with Gasteiger partial charge in [-0.1, -0.05) is 28.9 Å². The zero-order chi connectivity index (χ0) is 10.6. The van der Waals surface area contributed by atoms with Crippen LogP contribution in [0.1, 0.15) is 31.2 Å². The van der Waals surface area contributed by atoms with Crippen LogP contribution >= 0.6 is 27.3 Å². The van der Waals surface area contributed by atoms with Crippen molar-refractivity contribution in [2.24, 2.45) is 0 Å². The van der Waals surface area contributed by atoms with Gasteiger partial charge in [0, 0.05) is 4.88 Å². The quantitative estimate of drug-likeness (QED) is 0.841. The molecule has 0 aromatic carbocycles. The molecule has 1 rings (SSSR count). The number of thiophene rings is 1. The first-order chi connectivity index (χ1) is 6.65. The summed E-state index contributed by atoms with van der Waals surface area (Å²) in [7, 11) is 0. The van der Waals surface area contributed by atoms with Crippen LogP contribution in [0, 0.1) is 0 Å². The van der Waals surface area contributed by atoms with Crippen LogP contribution in [0.5, 0.6) is 0 Å². The first kappa shape index (κ1) is 11.7. The van der Waals surface area contributed by atoms with Crippen LogP contribution < -0.4 is 5.32 Å². The predicted octanol–water partition coefficient (Wildman–Crippen LogP) is 3.10. The molecule has 78 valence electrons. The fourth-order valence-corrected chi connectivity index (χ4v) is 1.96. The Morgan fingerprint density at radius 1 is 1.71 bits per heavy atom. The second kappa shape index (κ2) is 5.51. The molecule has 0 saturated heterocycles. The van der Waals surface area contributed by atoms with Crippen LogP contribution in [-0.2, 0) is 4.79 Å². The third-order valence-corrected chi connectivity index (χ3v) is 4.09. The summed E-state index contributed by atoms with van der Waals surface area (Å²) in [5, 5.41) is 4.97. The van der Waals surface area contributed by atoms with E-state index in [1.165, 1.54) is 4.88 Å². The van der Waals surface area contributed by atoms with Gasteiger partial charge >= 0.3 is 0 Å². The Kier molecular flexibility index (Phi) is 4.62. The fourth-order valence-electron chi connectivity index (χ4n) is 1.10. The Hall–Kier alpha value is -0.350. The lowest BCUT2D eigenvalue weighted by molar-refractivity contribution is -0.121. The maximum atomic E-state index is 11.5. The molecule has 0 aliphatic carbocycles. The maximum Gasteiger partial charge on any atom is 0.234 e. The van der Waals surface area contributed by atoms with Crippen LogP contribution in [0.25, 0.3) is 0 Å². The van der Waals surface area contributed by atoms with Crippen molar-refractivity contribution in [1.29, 1.82) is 0 Å². The number of hydrogen-bond donors (Lipinski definition) is 1. The maximum absolute atomic E-state index is 11.5. The highest BCUT2D eigenvalue weighted by molar-refractivity contribution is 9.10. The summed E-state index contributed by atoms with van der Waals surface area (Å²) in [4.78, 5) is 12.6. The number of rotatable bonds is 4. The van der Waals surface area contributed by atoms with E-state index in [0.29, 0.717) is 0 Å². The molecule has 2 nitrogen and oxygen atoms in total. The predicted molar refractivity (Wildman–Crippen MR) is 63.9 cm³/mol. The van der Waals surface area contributed by atoms with Crippen LogP contribution in [0.15, 0.2) is 17.5 Å². The van der Waals surface area contributed by atoms with Crippen molar-refractivity contribution in [3.8, 4) is 0 Å². The standard InChI is InChI=1S/C10H14BrNOS/c1-3-8(11)10(13)12-7(2)9-5-4-6-14-9/h4-8H,3H2,1-2H3,(H,12,13)/t7-,8?/m1/s1. The highest BCUT2D eigenvalue weighted by Gasteiger charge is 2.15. The van der Waals surface area contributed by atoms with E-state index in [9.17, 15) is 4.79 Å². The Morgan fingerprint density at radius 2 is 2.43 bits per heavy atom. The first-order valence-electron chi connectivity index (χ1n) is 4.63. The van der Waals surface area contributed by atoms with E-state index < -0.39 is 0 Å². The molecule has 4 heteroatoms. The van der Waals surface area contributed by atoms with Crippen molar-refractivity contribution < 1.29 is 4.79 Å². The molecule has 1 aromatic heterocycles. The summed E-state index contributed by atoms with van der Waals surface area (Å²) in [5.74, 6) is 0.0633. The molecule has 0 saturated carbocycles. The molecule has 1 heterocycles. The topological polar surface area (TPSA) is 29.1 Å². The van der Waals surface area contributed by atoms with E-state index in [1.54, 1.807) is 11.3 Å². The summed E-state index contributed by atoms with van der Waals surface area (Å²) < 4.78 is 0. The van der Waals surface area contributed by atoms with Crippen LogP contribution in [0.2, 0.25) is 0 Å². The van der Waals surface area contributed by atoms with Crippen molar-refractivity contribution in [2.45, 2.75) is 31.1 Å². The molecule has 0 bridgehead atoms. The highest BCUT2D eigenvalue weighted by atomic mass is 79.9. The van der Waals surface area contributed by atoms with E-state index in [-0.39, 0.29) is 16.8 Å².